The minimum Gasteiger partial charge on any atom is -0.493 e. The summed E-state index contributed by atoms with van der Waals surface area (Å²) in [6.45, 7) is 0.406. The third-order valence-corrected chi connectivity index (χ3v) is 4.37. The first kappa shape index (κ1) is 21.2. The molecule has 0 aliphatic heterocycles. The topological polar surface area (TPSA) is 66.5 Å². The molecule has 0 N–H and O–H groups in total. The molecule has 0 spiro atoms. The lowest BCUT2D eigenvalue weighted by Crippen LogP contribution is -2.27. The predicted octanol–water partition coefficient (Wildman–Crippen LogP) is 2.93. The zero-order valence-corrected chi connectivity index (χ0v) is 17.2. The molecule has 0 saturated heterocycles. The van der Waals surface area contributed by atoms with Gasteiger partial charge in [0.05, 0.1) is 42.0 Å². The van der Waals surface area contributed by atoms with E-state index >= 15 is 0 Å². The molecule has 2 rings (SSSR count). The van der Waals surface area contributed by atoms with Gasteiger partial charge in [-0.3, -0.25) is 4.79 Å². The Bertz CT molecular complexity index is 796. The summed E-state index contributed by atoms with van der Waals surface area (Å²) in [5.41, 5.74) is 1.72. The first-order valence-electron chi connectivity index (χ1n) is 8.71. The highest BCUT2D eigenvalue weighted by molar-refractivity contribution is 5.78. The second-order valence-electron chi connectivity index (χ2n) is 6.15. The van der Waals surface area contributed by atoms with E-state index in [0.717, 1.165) is 11.1 Å². The van der Waals surface area contributed by atoms with Crippen LogP contribution in [0.15, 0.2) is 30.3 Å². The van der Waals surface area contributed by atoms with Crippen molar-refractivity contribution in [3.63, 3.8) is 0 Å². The van der Waals surface area contributed by atoms with Gasteiger partial charge in [-0.15, -0.1) is 0 Å². The first-order chi connectivity index (χ1) is 13.5. The van der Waals surface area contributed by atoms with Crippen molar-refractivity contribution in [2.45, 2.75) is 13.0 Å². The van der Waals surface area contributed by atoms with Gasteiger partial charge in [0.2, 0.25) is 11.7 Å². The maximum atomic E-state index is 12.7. The number of carbonyl (C=O) groups is 1. The van der Waals surface area contributed by atoms with Crippen molar-refractivity contribution in [2.24, 2.45) is 0 Å². The number of ether oxygens (including phenoxy) is 5. The number of nitrogens with zero attached hydrogens (tertiary/aromatic N) is 1. The van der Waals surface area contributed by atoms with E-state index in [0.29, 0.717) is 35.3 Å². The van der Waals surface area contributed by atoms with E-state index in [4.69, 9.17) is 23.7 Å². The van der Waals surface area contributed by atoms with E-state index in [1.807, 2.05) is 24.3 Å². The number of hydrogen-bond acceptors (Lipinski definition) is 6. The molecule has 0 atom stereocenters. The first-order valence-corrected chi connectivity index (χ1v) is 8.71. The van der Waals surface area contributed by atoms with Crippen molar-refractivity contribution in [1.82, 2.24) is 4.90 Å². The summed E-state index contributed by atoms with van der Waals surface area (Å²) in [6.07, 6.45) is 0.251. The zero-order chi connectivity index (χ0) is 20.7. The van der Waals surface area contributed by atoms with Crippen molar-refractivity contribution in [1.29, 1.82) is 0 Å². The lowest BCUT2D eigenvalue weighted by Gasteiger charge is -2.20. The minimum absolute atomic E-state index is 0.0269. The van der Waals surface area contributed by atoms with Crippen LogP contribution < -0.4 is 23.7 Å². The number of amides is 1. The average Bonchev–Trinajstić information content (AvgIpc) is 2.72. The smallest absolute Gasteiger partial charge is 0.227 e. The van der Waals surface area contributed by atoms with E-state index in [-0.39, 0.29) is 12.3 Å². The Labute approximate surface area is 165 Å². The van der Waals surface area contributed by atoms with Gasteiger partial charge in [-0.05, 0) is 35.4 Å². The SMILES string of the molecule is COc1ccc(CC(=O)N(C)Cc2cc(OC)c(OC)c(OC)c2)cc1OC. The van der Waals surface area contributed by atoms with Crippen molar-refractivity contribution in [3.05, 3.63) is 41.5 Å². The summed E-state index contributed by atoms with van der Waals surface area (Å²) in [5.74, 6) is 2.83. The maximum absolute atomic E-state index is 12.7. The van der Waals surface area contributed by atoms with Gasteiger partial charge in [0.25, 0.3) is 0 Å². The van der Waals surface area contributed by atoms with Gasteiger partial charge in [-0.1, -0.05) is 6.07 Å². The molecule has 2 aromatic rings. The molecular weight excluding hydrogens is 362 g/mol. The van der Waals surface area contributed by atoms with Crippen LogP contribution in [0.2, 0.25) is 0 Å². The highest BCUT2D eigenvalue weighted by Gasteiger charge is 2.17. The number of hydrogen-bond donors (Lipinski definition) is 0. The largest absolute Gasteiger partial charge is 0.493 e. The standard InChI is InChI=1S/C21H27NO6/c1-22(13-15-10-18(26-4)21(28-6)19(11-15)27-5)20(23)12-14-7-8-16(24-2)17(9-14)25-3/h7-11H,12-13H2,1-6H3. The lowest BCUT2D eigenvalue weighted by molar-refractivity contribution is -0.129. The fraction of sp³-hybridized carbons (Fsp3) is 0.381. The van der Waals surface area contributed by atoms with Gasteiger partial charge < -0.3 is 28.6 Å². The summed E-state index contributed by atoms with van der Waals surface area (Å²) >= 11 is 0. The van der Waals surface area contributed by atoms with Crippen LogP contribution in [0.25, 0.3) is 0 Å². The molecule has 0 bridgehead atoms. The zero-order valence-electron chi connectivity index (χ0n) is 17.2. The van der Waals surface area contributed by atoms with Crippen molar-refractivity contribution in [3.8, 4) is 28.7 Å². The molecule has 1 amide bonds. The summed E-state index contributed by atoms with van der Waals surface area (Å²) in [7, 11) is 9.58. The van der Waals surface area contributed by atoms with Crippen LogP contribution in [0, 0.1) is 0 Å². The number of rotatable bonds is 9. The van der Waals surface area contributed by atoms with Crippen LogP contribution >= 0.6 is 0 Å². The van der Waals surface area contributed by atoms with E-state index in [1.165, 1.54) is 0 Å². The van der Waals surface area contributed by atoms with Gasteiger partial charge >= 0.3 is 0 Å². The summed E-state index contributed by atoms with van der Waals surface area (Å²) in [4.78, 5) is 14.3. The quantitative estimate of drug-likeness (QED) is 0.657. The van der Waals surface area contributed by atoms with Crippen LogP contribution in [0.4, 0.5) is 0 Å². The lowest BCUT2D eigenvalue weighted by atomic mass is 10.1. The fourth-order valence-electron chi connectivity index (χ4n) is 2.89. The highest BCUT2D eigenvalue weighted by atomic mass is 16.5. The number of methoxy groups -OCH3 is 5. The third kappa shape index (κ3) is 4.79. The Morgan fingerprint density at radius 1 is 0.750 bits per heavy atom. The molecule has 7 nitrogen and oxygen atoms in total. The van der Waals surface area contributed by atoms with Crippen molar-refractivity contribution in [2.75, 3.05) is 42.6 Å². The van der Waals surface area contributed by atoms with Gasteiger partial charge in [0.15, 0.2) is 23.0 Å². The molecule has 152 valence electrons. The van der Waals surface area contributed by atoms with Gasteiger partial charge in [0.1, 0.15) is 0 Å². The highest BCUT2D eigenvalue weighted by Crippen LogP contribution is 2.38. The Morgan fingerprint density at radius 3 is 1.79 bits per heavy atom. The van der Waals surface area contributed by atoms with E-state index in [2.05, 4.69) is 0 Å². The monoisotopic (exact) mass is 389 g/mol. The maximum Gasteiger partial charge on any atom is 0.227 e. The van der Waals surface area contributed by atoms with Gasteiger partial charge in [-0.25, -0.2) is 0 Å². The minimum atomic E-state index is -0.0269. The van der Waals surface area contributed by atoms with Gasteiger partial charge in [0, 0.05) is 13.6 Å². The molecule has 0 aromatic heterocycles. The molecule has 0 aliphatic rings. The summed E-state index contributed by atoms with van der Waals surface area (Å²) in [5, 5.41) is 0. The van der Waals surface area contributed by atoms with E-state index < -0.39 is 0 Å². The number of benzene rings is 2. The Hall–Kier alpha value is -3.09. The number of likely N-dealkylation sites (N-methyl/N-ethyl adjacent to an activating group) is 1. The molecule has 0 saturated carbocycles. The van der Waals surface area contributed by atoms with Crippen LogP contribution in [-0.4, -0.2) is 53.4 Å². The fourth-order valence-corrected chi connectivity index (χ4v) is 2.89. The Morgan fingerprint density at radius 2 is 1.29 bits per heavy atom. The average molecular weight is 389 g/mol. The van der Waals surface area contributed by atoms with Crippen LogP contribution in [0.5, 0.6) is 28.7 Å². The second kappa shape index (κ2) is 9.73. The van der Waals surface area contributed by atoms with Crippen LogP contribution in [0.1, 0.15) is 11.1 Å². The molecule has 28 heavy (non-hydrogen) atoms. The third-order valence-electron chi connectivity index (χ3n) is 4.37. The molecule has 0 heterocycles. The summed E-state index contributed by atoms with van der Waals surface area (Å²) < 4.78 is 26.6. The molecule has 0 fully saturated rings. The molecule has 7 heteroatoms. The Balaban J connectivity index is 2.14. The van der Waals surface area contributed by atoms with E-state index in [9.17, 15) is 4.79 Å². The molecule has 2 aromatic carbocycles. The van der Waals surface area contributed by atoms with Gasteiger partial charge in [-0.2, -0.15) is 0 Å². The number of carbonyl (C=O) groups excluding carboxylic acids is 1. The van der Waals surface area contributed by atoms with E-state index in [1.54, 1.807) is 53.6 Å². The molecular formula is C21H27NO6. The normalized spacial score (nSPS) is 10.2. The molecule has 0 unspecified atom stereocenters. The molecule has 0 radical (unpaired) electrons. The van der Waals surface area contributed by atoms with Crippen molar-refractivity contribution >= 4 is 5.91 Å². The molecule has 0 aliphatic carbocycles. The summed E-state index contributed by atoms with van der Waals surface area (Å²) in [6, 6.07) is 9.13. The second-order valence-corrected chi connectivity index (χ2v) is 6.15. The van der Waals surface area contributed by atoms with Crippen molar-refractivity contribution < 1.29 is 28.5 Å². The predicted molar refractivity (Wildman–Crippen MR) is 106 cm³/mol. The Kier molecular flexibility index (Phi) is 7.37. The van der Waals surface area contributed by atoms with Crippen LogP contribution in [-0.2, 0) is 17.8 Å². The van der Waals surface area contributed by atoms with Crippen LogP contribution in [0.3, 0.4) is 0 Å².